The number of hydrogen-bond acceptors (Lipinski definition) is 13. The number of ketones is 2. The van der Waals surface area contributed by atoms with Gasteiger partial charge < -0.3 is 29.0 Å². The van der Waals surface area contributed by atoms with E-state index < -0.39 is 0 Å². The van der Waals surface area contributed by atoms with Crippen LogP contribution in [0.25, 0.3) is 0 Å². The third-order valence-corrected chi connectivity index (χ3v) is 16.0. The van der Waals surface area contributed by atoms with Crippen LogP contribution in [0.15, 0.2) is 0 Å². The van der Waals surface area contributed by atoms with Crippen LogP contribution in [0.5, 0.6) is 0 Å². The molecule has 0 atom stereocenters. The molecule has 0 amide bonds. The number of nitrogens with zero attached hydrogens (tertiary/aromatic N) is 3. The molecule has 0 rings (SSSR count). The molecule has 466 valence electrons. The predicted octanol–water partition coefficient (Wildman–Crippen LogP) is 19.7. The normalized spacial score (nSPS) is 10.2. The lowest BCUT2D eigenvalue weighted by Gasteiger charge is -2.25. The molecule has 0 saturated carbocycles. The van der Waals surface area contributed by atoms with E-state index in [1.807, 2.05) is 59.9 Å². The Morgan fingerprint density at radius 2 is 0.803 bits per heavy atom. The Morgan fingerprint density at radius 3 is 1.24 bits per heavy atom. The fourth-order valence-corrected chi connectivity index (χ4v) is 10.6. The van der Waals surface area contributed by atoms with Crippen molar-refractivity contribution >= 4 is 67.5 Å². The number of esters is 1. The highest BCUT2D eigenvalue weighted by Crippen LogP contribution is 2.24. The van der Waals surface area contributed by atoms with Gasteiger partial charge in [0.1, 0.15) is 25.0 Å². The Bertz CT molecular complexity index is 1030. The van der Waals surface area contributed by atoms with Crippen molar-refractivity contribution < 1.29 is 28.7 Å². The van der Waals surface area contributed by atoms with Crippen molar-refractivity contribution in [2.75, 3.05) is 102 Å². The number of carbonyl (C=O) groups excluding carboxylic acids is 4. The van der Waals surface area contributed by atoms with E-state index in [1.54, 1.807) is 10.8 Å². The molecule has 0 unspecified atom stereocenters. The van der Waals surface area contributed by atoms with E-state index in [0.29, 0.717) is 69.3 Å². The van der Waals surface area contributed by atoms with Crippen molar-refractivity contribution in [2.24, 2.45) is 5.92 Å². The van der Waals surface area contributed by atoms with Gasteiger partial charge in [0, 0.05) is 81.5 Å². The van der Waals surface area contributed by atoms with Gasteiger partial charge in [0.25, 0.3) is 0 Å². The Labute approximate surface area is 495 Å². The minimum atomic E-state index is -0.141. The van der Waals surface area contributed by atoms with Gasteiger partial charge in [0.2, 0.25) is 0 Å². The summed E-state index contributed by atoms with van der Waals surface area (Å²) in [6.07, 6.45) is 29.3. The number of hydrogen-bond donors (Lipinski definition) is 0. The zero-order chi connectivity index (χ0) is 56.3. The number of ether oxygens (including phenoxy) is 2. The maximum Gasteiger partial charge on any atom is 0.307 e. The fourth-order valence-electron chi connectivity index (χ4n) is 6.65. The van der Waals surface area contributed by atoms with Crippen molar-refractivity contribution in [1.29, 1.82) is 0 Å². The molecule has 0 spiro atoms. The predicted molar refractivity (Wildman–Crippen MR) is 357 cm³/mol. The van der Waals surface area contributed by atoms with Crippen LogP contribution in [0, 0.1) is 5.92 Å². The van der Waals surface area contributed by atoms with E-state index in [9.17, 15) is 14.4 Å². The summed E-state index contributed by atoms with van der Waals surface area (Å²) in [6.45, 7) is 38.7. The first kappa shape index (κ1) is 95.0. The maximum atomic E-state index is 12.6. The molecule has 0 radical (unpaired) electrons. The zero-order valence-electron chi connectivity index (χ0n) is 51.2. The van der Waals surface area contributed by atoms with Crippen molar-refractivity contribution in [3.63, 3.8) is 0 Å². The maximum absolute atomic E-state index is 12.6. The summed E-state index contributed by atoms with van der Waals surface area (Å²) in [5.41, 5.74) is 0. The first-order chi connectivity index (χ1) is 35.5. The smallest absolute Gasteiger partial charge is 0.307 e. The summed E-state index contributed by atoms with van der Waals surface area (Å²) in [5, 5.41) is 0. The summed E-state index contributed by atoms with van der Waals surface area (Å²) in [7, 11) is 9.81. The lowest BCUT2D eigenvalue weighted by atomic mass is 10.1. The molecule has 76 heavy (non-hydrogen) atoms. The monoisotopic (exact) mass is 1160 g/mol. The van der Waals surface area contributed by atoms with E-state index >= 15 is 0 Å². The van der Waals surface area contributed by atoms with Crippen LogP contribution < -0.4 is 0 Å². The van der Waals surface area contributed by atoms with Crippen LogP contribution in [0.1, 0.15) is 279 Å². The molecule has 13 heteroatoms. The molecule has 0 aliphatic heterocycles. The molecule has 0 aliphatic rings. The van der Waals surface area contributed by atoms with E-state index in [1.165, 1.54) is 121 Å². The summed E-state index contributed by atoms with van der Waals surface area (Å²) in [4.78, 5) is 52.6. The quantitative estimate of drug-likeness (QED) is 0.0329. The minimum absolute atomic E-state index is 0. The van der Waals surface area contributed by atoms with Crippen LogP contribution in [0.3, 0.4) is 0 Å². The van der Waals surface area contributed by atoms with Crippen LogP contribution in [-0.4, -0.2) is 141 Å². The fraction of sp³-hybridized carbons (Fsp3) is 0.937. The second-order valence-corrected chi connectivity index (χ2v) is 24.5. The molecule has 0 N–H and O–H groups in total. The third kappa shape index (κ3) is 93.1. The standard InChI is InChI=1S/C46H91N3O5S4.2C4H10.C3H8.C2H6.CH2O.3CH4/c1-7-10-12-14-16-18-38-55-57-40-36-53-35-22-31-48(33-25-45(51)42-43(4)5)29-20-27-47(6)28-21-30-49(32-24-44(50)23-9-3)34-26-46(52)54-37-41-58-56-39-19-17-15-13-11-8-2;2*1-3-4-2;1-3-2;2*1-2;;;/h43H,7-42H2,1-6H3;2*3-4H2,1-2H3;3H2,1-2H3;1-2H3;1H2;3*1H4. The van der Waals surface area contributed by atoms with Crippen molar-refractivity contribution in [1.82, 2.24) is 14.7 Å². The zero-order valence-corrected chi connectivity index (χ0v) is 54.5. The van der Waals surface area contributed by atoms with Crippen LogP contribution in [0.4, 0.5) is 0 Å². The summed E-state index contributed by atoms with van der Waals surface area (Å²) in [5.74, 6) is 5.21. The highest BCUT2D eigenvalue weighted by molar-refractivity contribution is 8.77. The van der Waals surface area contributed by atoms with Crippen LogP contribution in [-0.2, 0) is 28.7 Å². The van der Waals surface area contributed by atoms with Crippen molar-refractivity contribution in [3.8, 4) is 0 Å². The minimum Gasteiger partial charge on any atom is -0.465 e. The van der Waals surface area contributed by atoms with Gasteiger partial charge in [-0.2, -0.15) is 0 Å². The second kappa shape index (κ2) is 88.5. The first-order valence-corrected chi connectivity index (χ1v) is 35.1. The van der Waals surface area contributed by atoms with Gasteiger partial charge in [-0.05, 0) is 77.7 Å². The SMILES string of the molecule is C.C.C.C=O.CC.CCC.CCCC.CCCC.CCCCCCCCSSCCOCCCN(CCCN(C)CCCN(CCC(=O)CCC)CCC(=O)OCCSSCCCCCCCC)CCC(=O)CC(C)C. The number of unbranched alkanes of at least 4 members (excludes halogenated alkanes) is 12. The average molecular weight is 1160 g/mol. The number of rotatable bonds is 49. The summed E-state index contributed by atoms with van der Waals surface area (Å²) >= 11 is 0. The molecule has 0 aromatic heterocycles. The van der Waals surface area contributed by atoms with E-state index in [0.717, 1.165) is 89.7 Å². The Kier molecular flexibility index (Phi) is 111. The van der Waals surface area contributed by atoms with Gasteiger partial charge in [-0.1, -0.05) is 252 Å². The van der Waals surface area contributed by atoms with Gasteiger partial charge in [0.15, 0.2) is 0 Å². The molecule has 0 aromatic rings. The molecule has 0 fully saturated rings. The molecule has 9 nitrogen and oxygen atoms in total. The van der Waals surface area contributed by atoms with Crippen LogP contribution >= 0.6 is 43.2 Å². The van der Waals surface area contributed by atoms with Gasteiger partial charge in [-0.25, -0.2) is 0 Å². The summed E-state index contributed by atoms with van der Waals surface area (Å²) in [6, 6.07) is 0. The second-order valence-electron chi connectivity index (χ2n) is 19.1. The van der Waals surface area contributed by atoms with Crippen molar-refractivity contribution in [3.05, 3.63) is 0 Å². The Hall–Kier alpha value is -0.280. The lowest BCUT2D eigenvalue weighted by Crippen LogP contribution is -2.34. The van der Waals surface area contributed by atoms with Gasteiger partial charge >= 0.3 is 5.97 Å². The molecule has 0 saturated heterocycles. The lowest BCUT2D eigenvalue weighted by molar-refractivity contribution is -0.143. The number of carbonyl (C=O) groups is 4. The third-order valence-electron chi connectivity index (χ3n) is 11.1. The molecule has 0 aliphatic carbocycles. The number of Topliss-reactive ketones (excluding diaryl/α,β-unsaturated/α-hetero) is 2. The highest BCUT2D eigenvalue weighted by atomic mass is 33.1. The van der Waals surface area contributed by atoms with Gasteiger partial charge in [0.05, 0.1) is 13.0 Å². The molecule has 0 heterocycles. The van der Waals surface area contributed by atoms with E-state index in [-0.39, 0.29) is 28.2 Å². The van der Waals surface area contributed by atoms with Gasteiger partial charge in [-0.3, -0.25) is 14.4 Å². The average Bonchev–Trinajstić information content (AvgIpc) is 3.39. The van der Waals surface area contributed by atoms with Crippen molar-refractivity contribution in [2.45, 2.75) is 279 Å². The highest BCUT2D eigenvalue weighted by Gasteiger charge is 2.14. The Balaban J connectivity index is -0.000000316. The van der Waals surface area contributed by atoms with E-state index in [2.05, 4.69) is 91.0 Å². The van der Waals surface area contributed by atoms with Crippen LogP contribution in [0.2, 0.25) is 0 Å². The van der Waals surface area contributed by atoms with E-state index in [4.69, 9.17) is 14.3 Å². The molecule has 0 bridgehead atoms. The topological polar surface area (TPSA) is 96.5 Å². The molecule has 0 aromatic carbocycles. The molecular formula is C63H139N3O6S4. The largest absolute Gasteiger partial charge is 0.465 e. The summed E-state index contributed by atoms with van der Waals surface area (Å²) < 4.78 is 11.5. The van der Waals surface area contributed by atoms with Gasteiger partial charge in [-0.15, -0.1) is 0 Å². The first-order valence-electron chi connectivity index (χ1n) is 30.1. The molecular weight excluding hydrogens is 1020 g/mol. The Morgan fingerprint density at radius 1 is 0.421 bits per heavy atom.